The van der Waals surface area contributed by atoms with Crippen LogP contribution in [0.25, 0.3) is 0 Å². The van der Waals surface area contributed by atoms with Gasteiger partial charge in [-0.05, 0) is 12.8 Å². The molecule has 0 aromatic carbocycles. The molecule has 0 amide bonds. The van der Waals surface area contributed by atoms with Crippen LogP contribution in [0.3, 0.4) is 0 Å². The zero-order valence-corrected chi connectivity index (χ0v) is 4.85. The Bertz CT molecular complexity index is 89.8. The highest BCUT2D eigenvalue weighted by molar-refractivity contribution is 5.82. The molecule has 0 radical (unpaired) electrons. The SMILES string of the molecule is N=C1CCN(N)CC1. The van der Waals surface area contributed by atoms with E-state index in [1.165, 1.54) is 0 Å². The van der Waals surface area contributed by atoms with E-state index >= 15 is 0 Å². The molecule has 1 fully saturated rings. The van der Waals surface area contributed by atoms with E-state index < -0.39 is 0 Å². The van der Waals surface area contributed by atoms with Crippen molar-refractivity contribution in [2.24, 2.45) is 5.84 Å². The number of nitrogens with two attached hydrogens (primary N) is 1. The van der Waals surface area contributed by atoms with Crippen molar-refractivity contribution in [3.8, 4) is 0 Å². The third-order valence-electron chi connectivity index (χ3n) is 1.40. The fraction of sp³-hybridized carbons (Fsp3) is 0.800. The second-order valence-electron chi connectivity index (χ2n) is 2.14. The highest BCUT2D eigenvalue weighted by Gasteiger charge is 2.08. The molecule has 8 heavy (non-hydrogen) atoms. The van der Waals surface area contributed by atoms with Gasteiger partial charge in [-0.15, -0.1) is 0 Å². The Balaban J connectivity index is 2.29. The van der Waals surface area contributed by atoms with Gasteiger partial charge in [0.25, 0.3) is 0 Å². The first-order chi connectivity index (χ1) is 3.79. The maximum Gasteiger partial charge on any atom is 0.0180 e. The van der Waals surface area contributed by atoms with E-state index in [0.717, 1.165) is 31.6 Å². The van der Waals surface area contributed by atoms with Crippen molar-refractivity contribution in [3.63, 3.8) is 0 Å². The third-order valence-corrected chi connectivity index (χ3v) is 1.40. The fourth-order valence-electron chi connectivity index (χ4n) is 0.794. The maximum absolute atomic E-state index is 7.20. The maximum atomic E-state index is 7.20. The molecule has 0 aromatic heterocycles. The number of rotatable bonds is 0. The van der Waals surface area contributed by atoms with Crippen LogP contribution in [0.5, 0.6) is 0 Å². The van der Waals surface area contributed by atoms with Crippen molar-refractivity contribution in [1.29, 1.82) is 5.41 Å². The minimum atomic E-state index is 0.840. The smallest absolute Gasteiger partial charge is 0.0180 e. The molecular weight excluding hydrogens is 102 g/mol. The van der Waals surface area contributed by atoms with Gasteiger partial charge >= 0.3 is 0 Å². The van der Waals surface area contributed by atoms with Gasteiger partial charge in [-0.1, -0.05) is 0 Å². The zero-order valence-electron chi connectivity index (χ0n) is 4.85. The predicted molar refractivity (Wildman–Crippen MR) is 32.7 cm³/mol. The van der Waals surface area contributed by atoms with Crippen LogP contribution in [0, 0.1) is 5.41 Å². The molecule has 46 valence electrons. The minimum Gasteiger partial charge on any atom is -0.310 e. The molecule has 0 bridgehead atoms. The summed E-state index contributed by atoms with van der Waals surface area (Å²) in [6.45, 7) is 1.72. The molecule has 1 saturated heterocycles. The number of nitrogens with zero attached hydrogens (tertiary/aromatic N) is 1. The highest BCUT2D eigenvalue weighted by Crippen LogP contribution is 1.99. The highest BCUT2D eigenvalue weighted by atomic mass is 15.4. The second kappa shape index (κ2) is 2.24. The van der Waals surface area contributed by atoms with E-state index in [0.29, 0.717) is 0 Å². The Hall–Kier alpha value is -0.410. The number of nitrogens with one attached hydrogen (secondary N) is 1. The van der Waals surface area contributed by atoms with Gasteiger partial charge in [-0.25, -0.2) is 5.01 Å². The second-order valence-corrected chi connectivity index (χ2v) is 2.14. The molecule has 0 aliphatic carbocycles. The van der Waals surface area contributed by atoms with Crippen LogP contribution in [-0.4, -0.2) is 23.8 Å². The van der Waals surface area contributed by atoms with Crippen LogP contribution in [0.15, 0.2) is 0 Å². The van der Waals surface area contributed by atoms with Crippen LogP contribution in [0.1, 0.15) is 12.8 Å². The Morgan fingerprint density at radius 2 is 1.88 bits per heavy atom. The summed E-state index contributed by atoms with van der Waals surface area (Å²) in [5.74, 6) is 5.43. The van der Waals surface area contributed by atoms with Gasteiger partial charge in [0.1, 0.15) is 0 Å². The Morgan fingerprint density at radius 1 is 1.38 bits per heavy atom. The van der Waals surface area contributed by atoms with Crippen molar-refractivity contribution < 1.29 is 0 Å². The lowest BCUT2D eigenvalue weighted by Gasteiger charge is -2.21. The summed E-state index contributed by atoms with van der Waals surface area (Å²) in [4.78, 5) is 0. The fourth-order valence-corrected chi connectivity index (χ4v) is 0.794. The van der Waals surface area contributed by atoms with E-state index in [2.05, 4.69) is 0 Å². The Kier molecular flexibility index (Phi) is 1.60. The van der Waals surface area contributed by atoms with E-state index in [1.807, 2.05) is 0 Å². The molecule has 0 spiro atoms. The molecule has 1 rings (SSSR count). The summed E-state index contributed by atoms with van der Waals surface area (Å²) in [6, 6.07) is 0. The van der Waals surface area contributed by atoms with Crippen LogP contribution in [0.2, 0.25) is 0 Å². The quantitative estimate of drug-likeness (QED) is 0.434. The van der Waals surface area contributed by atoms with E-state index in [4.69, 9.17) is 11.3 Å². The summed E-state index contributed by atoms with van der Waals surface area (Å²) in [6.07, 6.45) is 1.72. The summed E-state index contributed by atoms with van der Waals surface area (Å²) < 4.78 is 0. The topological polar surface area (TPSA) is 53.1 Å². The van der Waals surface area contributed by atoms with Crippen molar-refractivity contribution >= 4 is 5.71 Å². The van der Waals surface area contributed by atoms with E-state index in [-0.39, 0.29) is 0 Å². The van der Waals surface area contributed by atoms with Crippen molar-refractivity contribution in [1.82, 2.24) is 5.01 Å². The number of hydrogen-bond acceptors (Lipinski definition) is 3. The lowest BCUT2D eigenvalue weighted by Crippen LogP contribution is -2.38. The molecular formula is C5H11N3. The normalized spacial score (nSPS) is 23.9. The zero-order chi connectivity index (χ0) is 5.98. The van der Waals surface area contributed by atoms with E-state index in [9.17, 15) is 0 Å². The lowest BCUT2D eigenvalue weighted by atomic mass is 10.1. The summed E-state index contributed by atoms with van der Waals surface area (Å²) in [5, 5.41) is 8.96. The number of piperidine rings is 1. The van der Waals surface area contributed by atoms with Gasteiger partial charge in [0.2, 0.25) is 0 Å². The summed E-state index contributed by atoms with van der Waals surface area (Å²) in [5.41, 5.74) is 0.840. The van der Waals surface area contributed by atoms with Gasteiger partial charge in [0, 0.05) is 18.8 Å². The minimum absolute atomic E-state index is 0.840. The molecule has 0 atom stereocenters. The largest absolute Gasteiger partial charge is 0.310 e. The molecule has 3 N–H and O–H groups in total. The van der Waals surface area contributed by atoms with Gasteiger partial charge in [0.15, 0.2) is 0 Å². The molecule has 0 saturated carbocycles. The van der Waals surface area contributed by atoms with Crippen molar-refractivity contribution in [2.45, 2.75) is 12.8 Å². The standard InChI is InChI=1S/C5H11N3/c6-5-1-3-8(7)4-2-5/h6H,1-4,7H2. The van der Waals surface area contributed by atoms with Crippen LogP contribution in [0.4, 0.5) is 0 Å². The van der Waals surface area contributed by atoms with Crippen LogP contribution in [-0.2, 0) is 0 Å². The van der Waals surface area contributed by atoms with Crippen molar-refractivity contribution in [2.75, 3.05) is 13.1 Å². The summed E-state index contributed by atoms with van der Waals surface area (Å²) >= 11 is 0. The van der Waals surface area contributed by atoms with Crippen molar-refractivity contribution in [3.05, 3.63) is 0 Å². The Morgan fingerprint density at radius 3 is 2.25 bits per heavy atom. The van der Waals surface area contributed by atoms with Gasteiger partial charge < -0.3 is 5.41 Å². The summed E-state index contributed by atoms with van der Waals surface area (Å²) in [7, 11) is 0. The lowest BCUT2D eigenvalue weighted by molar-refractivity contribution is 0.284. The third kappa shape index (κ3) is 1.28. The molecule has 1 heterocycles. The average molecular weight is 113 g/mol. The van der Waals surface area contributed by atoms with Crippen LogP contribution < -0.4 is 5.84 Å². The van der Waals surface area contributed by atoms with E-state index in [1.54, 1.807) is 5.01 Å². The average Bonchev–Trinajstić information content (AvgIpc) is 1.77. The number of hydrogen-bond donors (Lipinski definition) is 2. The number of hydrazine groups is 1. The molecule has 3 heteroatoms. The van der Waals surface area contributed by atoms with Gasteiger partial charge in [0.05, 0.1) is 0 Å². The predicted octanol–water partition coefficient (Wildman–Crippen LogP) is -0.0243. The molecule has 1 aliphatic heterocycles. The Labute approximate surface area is 48.9 Å². The first kappa shape index (κ1) is 5.72. The molecule has 0 aromatic rings. The first-order valence-electron chi connectivity index (χ1n) is 2.85. The first-order valence-corrected chi connectivity index (χ1v) is 2.85. The van der Waals surface area contributed by atoms with Crippen LogP contribution >= 0.6 is 0 Å². The molecule has 0 unspecified atom stereocenters. The van der Waals surface area contributed by atoms with Gasteiger partial charge in [-0.2, -0.15) is 0 Å². The monoisotopic (exact) mass is 113 g/mol. The van der Waals surface area contributed by atoms with Gasteiger partial charge in [-0.3, -0.25) is 5.84 Å². The molecule has 1 aliphatic rings. The molecule has 3 nitrogen and oxygen atoms in total.